The van der Waals surface area contributed by atoms with Gasteiger partial charge in [0.25, 0.3) is 0 Å². The van der Waals surface area contributed by atoms with Gasteiger partial charge >= 0.3 is 130 Å². The number of aliphatic hydroxyl groups excluding tert-OH is 1. The van der Waals surface area contributed by atoms with Crippen LogP contribution >= 0.6 is 0 Å². The normalized spacial score (nSPS) is 17.3. The standard InChI is InChI=1S/C7H9NO4.C7H7O.In/c1-5(9)3-2-4-6(10)12-7(8)11;1-8-7-5-3-2-4-6-7;/h3,5,9H,1,4H2,(H2,8,11);3-6H,1H3;. The molecule has 2 rings (SSSR count). The van der Waals surface area contributed by atoms with Gasteiger partial charge < -0.3 is 0 Å². The molecule has 21 heavy (non-hydrogen) atoms. The summed E-state index contributed by atoms with van der Waals surface area (Å²) in [6.07, 6.45) is 0.111. The molecular weight excluding hydrogens is 377 g/mol. The van der Waals surface area contributed by atoms with E-state index in [2.05, 4.69) is 4.74 Å². The van der Waals surface area contributed by atoms with E-state index in [0.29, 0.717) is 4.18 Å². The van der Waals surface area contributed by atoms with E-state index in [0.717, 1.165) is 9.08 Å². The minimum atomic E-state index is -2.44. The maximum atomic E-state index is 11.6. The summed E-state index contributed by atoms with van der Waals surface area (Å²) >= 11 is -2.44. The Balaban J connectivity index is 2.12. The van der Waals surface area contributed by atoms with E-state index >= 15 is 0 Å². The number of rotatable bonds is 4. The van der Waals surface area contributed by atoms with Crippen molar-refractivity contribution in [2.45, 2.75) is 16.7 Å². The van der Waals surface area contributed by atoms with Crippen LogP contribution in [-0.4, -0.2) is 51.8 Å². The zero-order valence-corrected chi connectivity index (χ0v) is 14.9. The molecule has 1 amide bonds. The monoisotopic (exact) mass is 393 g/mol. The fourth-order valence-electron chi connectivity index (χ4n) is 2.51. The number of ether oxygens (including phenoxy) is 2. The van der Waals surface area contributed by atoms with Crippen LogP contribution in [0, 0.1) is 0 Å². The van der Waals surface area contributed by atoms with Crippen molar-refractivity contribution >= 4 is 36.8 Å². The van der Waals surface area contributed by atoms with Crippen molar-refractivity contribution in [2.24, 2.45) is 5.73 Å². The Kier molecular flexibility index (Phi) is 5.30. The molecule has 1 unspecified atom stereocenters. The van der Waals surface area contributed by atoms with Crippen molar-refractivity contribution < 1.29 is 24.2 Å². The van der Waals surface area contributed by atoms with E-state index in [1.807, 2.05) is 24.3 Å². The van der Waals surface area contributed by atoms with Gasteiger partial charge in [-0.15, -0.1) is 0 Å². The molecule has 1 aromatic carbocycles. The van der Waals surface area contributed by atoms with Gasteiger partial charge in [-0.3, -0.25) is 0 Å². The number of benzene rings is 1. The predicted molar refractivity (Wildman–Crippen MR) is 77.6 cm³/mol. The Morgan fingerprint density at radius 1 is 1.38 bits per heavy atom. The zero-order chi connectivity index (χ0) is 15.4. The third kappa shape index (κ3) is 4.25. The van der Waals surface area contributed by atoms with Gasteiger partial charge in [0.15, 0.2) is 0 Å². The summed E-state index contributed by atoms with van der Waals surface area (Å²) < 4.78 is 12.3. The van der Waals surface area contributed by atoms with Crippen LogP contribution in [0.15, 0.2) is 33.7 Å². The number of aliphatic hydroxyl groups is 1. The van der Waals surface area contributed by atoms with Crippen molar-refractivity contribution in [3.05, 3.63) is 33.7 Å². The quantitative estimate of drug-likeness (QED) is 0.565. The van der Waals surface area contributed by atoms with Crippen LogP contribution in [0.5, 0.6) is 5.75 Å². The topological polar surface area (TPSA) is 98.8 Å². The third-order valence-electron chi connectivity index (χ3n) is 3.41. The molecular formula is C14H16InNO5. The summed E-state index contributed by atoms with van der Waals surface area (Å²) in [4.78, 5) is 22.1. The number of carbonyl (C=O) groups excluding carboxylic acids is 2. The molecule has 6 nitrogen and oxygen atoms in total. The number of hydrogen-bond acceptors (Lipinski definition) is 5. The first-order valence-electron chi connectivity index (χ1n) is 6.52. The summed E-state index contributed by atoms with van der Waals surface area (Å²) in [6.45, 7) is 0. The fourth-order valence-corrected chi connectivity index (χ4v) is 11.5. The van der Waals surface area contributed by atoms with Crippen molar-refractivity contribution in [3.8, 4) is 5.75 Å². The number of amides is 1. The summed E-state index contributed by atoms with van der Waals surface area (Å²) in [7, 11) is 1.60. The second kappa shape index (κ2) is 7.00. The van der Waals surface area contributed by atoms with Crippen LogP contribution in [0.3, 0.4) is 0 Å². The molecule has 0 saturated carbocycles. The van der Waals surface area contributed by atoms with Gasteiger partial charge in [0, 0.05) is 0 Å². The van der Waals surface area contributed by atoms with Crippen molar-refractivity contribution in [1.29, 1.82) is 0 Å². The molecule has 0 aliphatic carbocycles. The van der Waals surface area contributed by atoms with Gasteiger partial charge in [0.1, 0.15) is 0 Å². The molecule has 1 heterocycles. The zero-order valence-electron chi connectivity index (χ0n) is 11.6. The second-order valence-electron chi connectivity index (χ2n) is 4.84. The molecule has 1 aliphatic heterocycles. The first kappa shape index (κ1) is 15.9. The number of nitrogens with two attached hydrogens (primary N) is 1. The Hall–Kier alpha value is -1.47. The summed E-state index contributed by atoms with van der Waals surface area (Å²) in [5.74, 6) is 0.0975. The molecule has 0 aromatic heterocycles. The van der Waals surface area contributed by atoms with E-state index in [-0.39, 0.29) is 6.42 Å². The summed E-state index contributed by atoms with van der Waals surface area (Å²) in [5, 5.41) is 9.83. The average molecular weight is 393 g/mol. The van der Waals surface area contributed by atoms with Crippen LogP contribution in [-0.2, 0) is 9.53 Å². The molecule has 7 heteroatoms. The van der Waals surface area contributed by atoms with E-state index in [9.17, 15) is 14.7 Å². The molecule has 1 aliphatic rings. The van der Waals surface area contributed by atoms with Gasteiger partial charge in [-0.2, -0.15) is 0 Å². The van der Waals surface area contributed by atoms with Gasteiger partial charge in [-0.1, -0.05) is 0 Å². The van der Waals surface area contributed by atoms with Crippen LogP contribution in [0.4, 0.5) is 4.79 Å². The van der Waals surface area contributed by atoms with Crippen LogP contribution < -0.4 is 13.8 Å². The van der Waals surface area contributed by atoms with Crippen LogP contribution in [0.2, 0.25) is 4.18 Å². The number of hydrogen-bond donors (Lipinski definition) is 2. The van der Waals surface area contributed by atoms with Crippen LogP contribution in [0.1, 0.15) is 6.42 Å². The number of esters is 1. The van der Waals surface area contributed by atoms with E-state index in [1.54, 1.807) is 13.2 Å². The molecule has 1 aromatic rings. The average Bonchev–Trinajstić information content (AvgIpc) is 2.78. The Morgan fingerprint density at radius 2 is 2.05 bits per heavy atom. The van der Waals surface area contributed by atoms with E-state index in [4.69, 9.17) is 10.5 Å². The molecule has 3 N–H and O–H groups in total. The fraction of sp³-hybridized carbons (Fsp3) is 0.286. The van der Waals surface area contributed by atoms with E-state index < -0.39 is 39.6 Å². The third-order valence-corrected chi connectivity index (χ3v) is 13.2. The first-order chi connectivity index (χ1) is 9.99. The SMILES string of the molecule is COc1cc[c]([In]2[CH2]C(O)C=[C]2CC(=O)OC(N)=O)cc1. The summed E-state index contributed by atoms with van der Waals surface area (Å²) in [6, 6.07) is 7.70. The Bertz CT molecular complexity index is 569. The van der Waals surface area contributed by atoms with Gasteiger partial charge in [0.2, 0.25) is 0 Å². The molecule has 1 atom stereocenters. The predicted octanol–water partition coefficient (Wildman–Crippen LogP) is 0.249. The van der Waals surface area contributed by atoms with E-state index in [1.165, 1.54) is 3.32 Å². The first-order valence-corrected chi connectivity index (χ1v) is 12.1. The number of carbonyl (C=O) groups is 2. The van der Waals surface area contributed by atoms with Crippen molar-refractivity contribution in [3.63, 3.8) is 0 Å². The van der Waals surface area contributed by atoms with Gasteiger partial charge in [-0.25, -0.2) is 0 Å². The molecule has 0 fully saturated rings. The van der Waals surface area contributed by atoms with Crippen LogP contribution in [0.25, 0.3) is 0 Å². The van der Waals surface area contributed by atoms with Gasteiger partial charge in [0.05, 0.1) is 0 Å². The molecule has 0 spiro atoms. The molecule has 0 bridgehead atoms. The molecule has 110 valence electrons. The molecule has 0 saturated heterocycles. The minimum absolute atomic E-state index is 0.0206. The Labute approximate surface area is 130 Å². The van der Waals surface area contributed by atoms with Crippen molar-refractivity contribution in [2.75, 3.05) is 7.11 Å². The number of primary amides is 1. The molecule has 0 radical (unpaired) electrons. The Morgan fingerprint density at radius 3 is 2.62 bits per heavy atom. The van der Waals surface area contributed by atoms with Crippen molar-refractivity contribution in [1.82, 2.24) is 0 Å². The van der Waals surface area contributed by atoms with Gasteiger partial charge in [-0.05, 0) is 0 Å². The number of methoxy groups -OCH3 is 1. The summed E-state index contributed by atoms with van der Waals surface area (Å²) in [5.41, 5.74) is 4.83. The second-order valence-corrected chi connectivity index (χ2v) is 13.4. The maximum absolute atomic E-state index is 11.6.